The molecule has 7 heteroatoms. The Hall–Kier alpha value is -3.18. The van der Waals surface area contributed by atoms with Gasteiger partial charge in [0.1, 0.15) is 10.4 Å². The first-order chi connectivity index (χ1) is 15.8. The highest BCUT2D eigenvalue weighted by Crippen LogP contribution is 2.35. The summed E-state index contributed by atoms with van der Waals surface area (Å²) >= 11 is -1.29. The van der Waals surface area contributed by atoms with Crippen LogP contribution in [-0.2, 0) is 17.8 Å². The molecule has 1 unspecified atom stereocenters. The highest BCUT2D eigenvalue weighted by atomic mass is 32.2. The number of nitrogens with zero attached hydrogens (tertiary/aromatic N) is 3. The molecule has 0 saturated carbocycles. The van der Waals surface area contributed by atoms with E-state index >= 15 is 0 Å². The lowest BCUT2D eigenvalue weighted by Crippen LogP contribution is -2.42. The topological polar surface area (TPSA) is 97.8 Å². The minimum absolute atomic E-state index is 0.263. The summed E-state index contributed by atoms with van der Waals surface area (Å²) in [5.74, 6) is 0. The maximum Gasteiger partial charge on any atom is 0.168 e. The molecule has 0 spiro atoms. The van der Waals surface area contributed by atoms with Gasteiger partial charge in [-0.2, -0.15) is 5.26 Å². The molecule has 2 aromatic heterocycles. The molecule has 2 atom stereocenters. The van der Waals surface area contributed by atoms with Gasteiger partial charge >= 0.3 is 0 Å². The molecule has 4 rings (SSSR count). The Morgan fingerprint density at radius 3 is 2.64 bits per heavy atom. The molecule has 0 fully saturated rings. The average molecular weight is 459 g/mol. The molecule has 168 valence electrons. The summed E-state index contributed by atoms with van der Waals surface area (Å²) in [5, 5.41) is 14.3. The molecule has 1 N–H and O–H groups in total. The van der Waals surface area contributed by atoms with Crippen LogP contribution in [0.2, 0.25) is 0 Å². The molecular weight excluding hydrogens is 432 g/mol. The van der Waals surface area contributed by atoms with Crippen molar-refractivity contribution in [1.82, 2.24) is 14.9 Å². The van der Waals surface area contributed by atoms with Crippen molar-refractivity contribution in [2.24, 2.45) is 0 Å². The van der Waals surface area contributed by atoms with Gasteiger partial charge in [-0.15, -0.1) is 4.72 Å². The van der Waals surface area contributed by atoms with Crippen molar-refractivity contribution >= 4 is 22.3 Å². The van der Waals surface area contributed by atoms with E-state index in [0.29, 0.717) is 23.3 Å². The SMILES string of the molecule is Cc1cccc(CC(N[S@@+]([O-])C(C)(C)C)c2ccccc2-c2noc3cc(C#N)ccc23)n1. The van der Waals surface area contributed by atoms with Crippen molar-refractivity contribution < 1.29 is 9.08 Å². The number of rotatable bonds is 6. The van der Waals surface area contributed by atoms with Gasteiger partial charge in [0.2, 0.25) is 0 Å². The Morgan fingerprint density at radius 1 is 1.12 bits per heavy atom. The van der Waals surface area contributed by atoms with Crippen LogP contribution < -0.4 is 4.72 Å². The largest absolute Gasteiger partial charge is 0.598 e. The van der Waals surface area contributed by atoms with E-state index in [1.54, 1.807) is 12.1 Å². The van der Waals surface area contributed by atoms with Gasteiger partial charge in [0.15, 0.2) is 5.58 Å². The van der Waals surface area contributed by atoms with Crippen LogP contribution in [0, 0.1) is 18.3 Å². The molecule has 0 radical (unpaired) electrons. The van der Waals surface area contributed by atoms with E-state index in [2.05, 4.69) is 20.9 Å². The Balaban J connectivity index is 1.80. The first-order valence-electron chi connectivity index (χ1n) is 10.8. The third kappa shape index (κ3) is 5.09. The Morgan fingerprint density at radius 2 is 1.91 bits per heavy atom. The van der Waals surface area contributed by atoms with E-state index in [4.69, 9.17) is 4.52 Å². The van der Waals surface area contributed by atoms with Crippen LogP contribution >= 0.6 is 0 Å². The van der Waals surface area contributed by atoms with Crippen molar-refractivity contribution in [2.45, 2.75) is 44.9 Å². The minimum Gasteiger partial charge on any atom is -0.598 e. The molecule has 0 saturated heterocycles. The number of hydrogen-bond acceptors (Lipinski definition) is 6. The Kier molecular flexibility index (Phi) is 6.52. The van der Waals surface area contributed by atoms with Gasteiger partial charge < -0.3 is 9.08 Å². The summed E-state index contributed by atoms with van der Waals surface area (Å²) in [5.41, 5.74) is 5.46. The van der Waals surface area contributed by atoms with Crippen molar-refractivity contribution in [3.05, 3.63) is 83.2 Å². The number of fused-ring (bicyclic) bond motifs is 1. The summed E-state index contributed by atoms with van der Waals surface area (Å²) in [7, 11) is 0. The smallest absolute Gasteiger partial charge is 0.168 e. The number of hydrogen-bond donors (Lipinski definition) is 1. The first kappa shape index (κ1) is 23.0. The lowest BCUT2D eigenvalue weighted by atomic mass is 9.94. The van der Waals surface area contributed by atoms with Crippen molar-refractivity contribution in [1.29, 1.82) is 5.26 Å². The predicted molar refractivity (Wildman–Crippen MR) is 131 cm³/mol. The molecule has 2 aromatic carbocycles. The maximum absolute atomic E-state index is 13.1. The number of aromatic nitrogens is 2. The molecule has 33 heavy (non-hydrogen) atoms. The molecule has 6 nitrogen and oxygen atoms in total. The molecule has 0 bridgehead atoms. The number of nitriles is 1. The molecule has 0 amide bonds. The van der Waals surface area contributed by atoms with Crippen LogP contribution in [-0.4, -0.2) is 19.4 Å². The van der Waals surface area contributed by atoms with Gasteiger partial charge in [0.25, 0.3) is 0 Å². The van der Waals surface area contributed by atoms with Crippen LogP contribution in [0.5, 0.6) is 0 Å². The van der Waals surface area contributed by atoms with E-state index in [0.717, 1.165) is 27.9 Å². The van der Waals surface area contributed by atoms with Gasteiger partial charge in [0, 0.05) is 46.2 Å². The highest BCUT2D eigenvalue weighted by Gasteiger charge is 2.31. The summed E-state index contributed by atoms with van der Waals surface area (Å²) in [6.45, 7) is 7.80. The van der Waals surface area contributed by atoms with Crippen LogP contribution in [0.25, 0.3) is 22.2 Å². The monoisotopic (exact) mass is 458 g/mol. The number of nitrogens with one attached hydrogen (secondary N) is 1. The molecular formula is C26H26N4O2S. The van der Waals surface area contributed by atoms with Gasteiger partial charge in [-0.1, -0.05) is 35.5 Å². The average Bonchev–Trinajstić information content (AvgIpc) is 3.21. The zero-order valence-corrected chi connectivity index (χ0v) is 19.9. The second kappa shape index (κ2) is 9.36. The van der Waals surface area contributed by atoms with Crippen molar-refractivity contribution in [2.75, 3.05) is 0 Å². The normalized spacial score (nSPS) is 13.6. The fraction of sp³-hybridized carbons (Fsp3) is 0.269. The van der Waals surface area contributed by atoms with Crippen LogP contribution in [0.15, 0.2) is 65.2 Å². The second-order valence-corrected chi connectivity index (χ2v) is 11.0. The highest BCUT2D eigenvalue weighted by molar-refractivity contribution is 7.90. The number of benzene rings is 2. The third-order valence-corrected chi connectivity index (χ3v) is 6.97. The Labute approximate surface area is 197 Å². The van der Waals surface area contributed by atoms with Gasteiger partial charge in [0.05, 0.1) is 17.7 Å². The van der Waals surface area contributed by atoms with Crippen LogP contribution in [0.1, 0.15) is 49.3 Å². The number of pyridine rings is 1. The molecule has 4 aromatic rings. The van der Waals surface area contributed by atoms with Crippen LogP contribution in [0.4, 0.5) is 0 Å². The van der Waals surface area contributed by atoms with Gasteiger partial charge in [-0.05, 0) is 57.5 Å². The van der Waals surface area contributed by atoms with Crippen LogP contribution in [0.3, 0.4) is 0 Å². The standard InChI is InChI=1S/C26H26N4O2S/c1-17-8-7-9-19(28-17)15-23(30-33(31)26(2,3)4)20-10-5-6-11-21(20)25-22-13-12-18(16-27)14-24(22)32-29-25/h5-14,23,30H,15H2,1-4H3/t23?,33-/m0/s1. The summed E-state index contributed by atoms with van der Waals surface area (Å²) in [6.07, 6.45) is 0.564. The van der Waals surface area contributed by atoms with Gasteiger partial charge in [-0.3, -0.25) is 4.98 Å². The summed E-state index contributed by atoms with van der Waals surface area (Å²) in [6, 6.07) is 21.0. The summed E-state index contributed by atoms with van der Waals surface area (Å²) in [4.78, 5) is 4.67. The van der Waals surface area contributed by atoms with E-state index in [1.807, 2.05) is 76.2 Å². The molecule has 0 aliphatic heterocycles. The fourth-order valence-corrected chi connectivity index (χ4v) is 4.48. The van der Waals surface area contributed by atoms with Gasteiger partial charge in [-0.25, -0.2) is 0 Å². The zero-order chi connectivity index (χ0) is 23.6. The van der Waals surface area contributed by atoms with E-state index in [-0.39, 0.29) is 6.04 Å². The maximum atomic E-state index is 13.1. The van der Waals surface area contributed by atoms with E-state index < -0.39 is 16.1 Å². The number of aryl methyl sites for hydroxylation is 1. The molecule has 0 aliphatic rings. The van der Waals surface area contributed by atoms with Crippen molar-refractivity contribution in [3.63, 3.8) is 0 Å². The first-order valence-corrected chi connectivity index (χ1v) is 11.9. The third-order valence-electron chi connectivity index (χ3n) is 5.36. The van der Waals surface area contributed by atoms with E-state index in [9.17, 15) is 9.81 Å². The Bertz CT molecular complexity index is 1320. The molecule has 0 aliphatic carbocycles. The van der Waals surface area contributed by atoms with E-state index in [1.165, 1.54) is 0 Å². The molecule has 2 heterocycles. The minimum atomic E-state index is -1.29. The fourth-order valence-electron chi connectivity index (χ4n) is 3.66. The zero-order valence-electron chi connectivity index (χ0n) is 19.1. The predicted octanol–water partition coefficient (Wildman–Crippen LogP) is 5.41. The lowest BCUT2D eigenvalue weighted by molar-refractivity contribution is 0.459. The lowest BCUT2D eigenvalue weighted by Gasteiger charge is -2.29. The quantitative estimate of drug-likeness (QED) is 0.388. The second-order valence-electron chi connectivity index (χ2n) is 8.97. The van der Waals surface area contributed by atoms with Crippen molar-refractivity contribution in [3.8, 4) is 17.3 Å². The summed E-state index contributed by atoms with van der Waals surface area (Å²) < 4.78 is 21.6.